The number of halogens is 1. The molecule has 1 aliphatic rings. The van der Waals surface area contributed by atoms with Crippen molar-refractivity contribution >= 4 is 37.3 Å². The Morgan fingerprint density at radius 2 is 2.18 bits per heavy atom. The number of nitrogens with one attached hydrogen (secondary N) is 1. The Morgan fingerprint density at radius 3 is 2.77 bits per heavy atom. The summed E-state index contributed by atoms with van der Waals surface area (Å²) in [5, 5.41) is 10.8. The Labute approximate surface area is 138 Å². The van der Waals surface area contributed by atoms with Gasteiger partial charge >= 0.3 is 5.69 Å². The molecule has 0 spiro atoms. The molecular formula is C13H18BrN3O4S. The second-order valence-corrected chi connectivity index (χ2v) is 8.06. The lowest BCUT2D eigenvalue weighted by Gasteiger charge is -2.19. The van der Waals surface area contributed by atoms with Crippen LogP contribution in [-0.2, 0) is 10.0 Å². The second-order valence-electron chi connectivity index (χ2n) is 5.22. The van der Waals surface area contributed by atoms with Crippen molar-refractivity contribution in [2.75, 3.05) is 24.5 Å². The van der Waals surface area contributed by atoms with E-state index in [1.165, 1.54) is 0 Å². The van der Waals surface area contributed by atoms with E-state index in [9.17, 15) is 18.5 Å². The lowest BCUT2D eigenvalue weighted by molar-refractivity contribution is -0.385. The van der Waals surface area contributed by atoms with Gasteiger partial charge in [0.2, 0.25) is 10.0 Å². The number of sulfonamides is 1. The smallest absolute Gasteiger partial charge is 0.306 e. The molecule has 0 bridgehead atoms. The lowest BCUT2D eigenvalue weighted by atomic mass is 10.2. The minimum atomic E-state index is -3.38. The molecule has 0 amide bonds. The average Bonchev–Trinajstić information content (AvgIpc) is 2.91. The summed E-state index contributed by atoms with van der Waals surface area (Å²) in [5.74, 6) is 0. The number of rotatable bonds is 5. The van der Waals surface area contributed by atoms with Gasteiger partial charge in [0.1, 0.15) is 10.2 Å². The van der Waals surface area contributed by atoms with Crippen molar-refractivity contribution in [2.45, 2.75) is 25.5 Å². The van der Waals surface area contributed by atoms with Crippen LogP contribution in [0, 0.1) is 17.0 Å². The van der Waals surface area contributed by atoms with E-state index in [4.69, 9.17) is 0 Å². The first-order valence-corrected chi connectivity index (χ1v) is 9.28. The topological polar surface area (TPSA) is 92.6 Å². The van der Waals surface area contributed by atoms with Crippen LogP contribution >= 0.6 is 15.9 Å². The maximum atomic E-state index is 12.1. The van der Waals surface area contributed by atoms with Crippen LogP contribution in [0.15, 0.2) is 16.6 Å². The van der Waals surface area contributed by atoms with Crippen molar-refractivity contribution in [3.05, 3.63) is 32.3 Å². The first-order valence-electron chi connectivity index (χ1n) is 6.94. The minimum Gasteiger partial charge on any atom is -0.365 e. The fourth-order valence-corrected chi connectivity index (χ4v) is 4.51. The highest BCUT2D eigenvalue weighted by atomic mass is 79.9. The molecular weight excluding hydrogens is 374 g/mol. The standard InChI is InChI=1S/C13H18BrN3O4S/c1-3-15-22(20,21)10-6-7-16(8-10)11-5-4-9(2)12(14)13(11)17(18)19/h4-5,10,15H,3,6-8H2,1-2H3/t10-/m1/s1. The normalized spacial score (nSPS) is 18.7. The van der Waals surface area contributed by atoms with Crippen LogP contribution in [0.5, 0.6) is 0 Å². The minimum absolute atomic E-state index is 0.0125. The first-order chi connectivity index (χ1) is 10.3. The summed E-state index contributed by atoms with van der Waals surface area (Å²) in [7, 11) is -3.38. The van der Waals surface area contributed by atoms with E-state index in [0.29, 0.717) is 29.7 Å². The number of hydrogen-bond acceptors (Lipinski definition) is 5. The van der Waals surface area contributed by atoms with Crippen molar-refractivity contribution < 1.29 is 13.3 Å². The van der Waals surface area contributed by atoms with Crippen LogP contribution in [-0.4, -0.2) is 38.2 Å². The molecule has 0 aliphatic carbocycles. The van der Waals surface area contributed by atoms with E-state index in [1.807, 2.05) is 0 Å². The third-order valence-corrected chi connectivity index (χ3v) is 6.70. The molecule has 1 atom stereocenters. The summed E-state index contributed by atoms with van der Waals surface area (Å²) < 4.78 is 27.1. The van der Waals surface area contributed by atoms with Crippen molar-refractivity contribution in [1.82, 2.24) is 4.72 Å². The van der Waals surface area contributed by atoms with Crippen LogP contribution in [0.25, 0.3) is 0 Å². The van der Waals surface area contributed by atoms with E-state index in [0.717, 1.165) is 5.56 Å². The van der Waals surface area contributed by atoms with Gasteiger partial charge in [-0.2, -0.15) is 0 Å². The van der Waals surface area contributed by atoms with Crippen molar-refractivity contribution in [3.8, 4) is 0 Å². The number of nitrogens with zero attached hydrogens (tertiary/aromatic N) is 2. The number of anilines is 1. The Bertz CT molecular complexity index is 693. The van der Waals surface area contributed by atoms with Gasteiger partial charge in [0, 0.05) is 19.6 Å². The zero-order valence-electron chi connectivity index (χ0n) is 12.4. The van der Waals surface area contributed by atoms with E-state index in [2.05, 4.69) is 20.7 Å². The fraction of sp³-hybridized carbons (Fsp3) is 0.538. The predicted molar refractivity (Wildman–Crippen MR) is 88.7 cm³/mol. The number of nitro benzene ring substituents is 1. The summed E-state index contributed by atoms with van der Waals surface area (Å²) in [6.07, 6.45) is 0.456. The molecule has 0 aromatic heterocycles. The molecule has 2 rings (SSSR count). The molecule has 0 unspecified atom stereocenters. The Kier molecular flexibility index (Phi) is 5.08. The van der Waals surface area contributed by atoms with Gasteiger partial charge in [-0.25, -0.2) is 13.1 Å². The van der Waals surface area contributed by atoms with Crippen LogP contribution < -0.4 is 9.62 Å². The van der Waals surface area contributed by atoms with Crippen LogP contribution in [0.3, 0.4) is 0 Å². The van der Waals surface area contributed by atoms with Crippen LogP contribution in [0.2, 0.25) is 0 Å². The molecule has 7 nitrogen and oxygen atoms in total. The summed E-state index contributed by atoms with van der Waals surface area (Å²) in [5.41, 5.74) is 1.21. The maximum Gasteiger partial charge on any atom is 0.306 e. The van der Waals surface area contributed by atoms with Crippen molar-refractivity contribution in [1.29, 1.82) is 0 Å². The Hall–Kier alpha value is -1.19. The van der Waals surface area contributed by atoms with Crippen molar-refractivity contribution in [2.24, 2.45) is 0 Å². The SMILES string of the molecule is CCNS(=O)(=O)[C@@H]1CCN(c2ccc(C)c(Br)c2[N+](=O)[O-])C1. The van der Waals surface area contributed by atoms with Crippen molar-refractivity contribution in [3.63, 3.8) is 0 Å². The molecule has 1 fully saturated rings. The maximum absolute atomic E-state index is 12.1. The highest BCUT2D eigenvalue weighted by Gasteiger charge is 2.35. The van der Waals surface area contributed by atoms with Gasteiger partial charge in [-0.05, 0) is 40.9 Å². The number of nitro groups is 1. The van der Waals surface area contributed by atoms with E-state index < -0.39 is 20.2 Å². The Morgan fingerprint density at radius 1 is 1.50 bits per heavy atom. The van der Waals surface area contributed by atoms with Crippen LogP contribution in [0.1, 0.15) is 18.9 Å². The third kappa shape index (κ3) is 3.26. The predicted octanol–water partition coefficient (Wildman–Crippen LogP) is 2.18. The lowest BCUT2D eigenvalue weighted by Crippen LogP contribution is -2.36. The molecule has 1 aliphatic heterocycles. The average molecular weight is 392 g/mol. The van der Waals surface area contributed by atoms with Gasteiger partial charge in [0.05, 0.1) is 10.2 Å². The summed E-state index contributed by atoms with van der Waals surface area (Å²) in [6, 6.07) is 3.47. The van der Waals surface area contributed by atoms with Gasteiger partial charge in [0.15, 0.2) is 0 Å². The quantitative estimate of drug-likeness (QED) is 0.613. The highest BCUT2D eigenvalue weighted by Crippen LogP contribution is 2.39. The fourth-order valence-electron chi connectivity index (χ4n) is 2.60. The molecule has 0 radical (unpaired) electrons. The Balaban J connectivity index is 2.32. The zero-order valence-corrected chi connectivity index (χ0v) is 14.8. The van der Waals surface area contributed by atoms with E-state index in [1.54, 1.807) is 30.9 Å². The summed E-state index contributed by atoms with van der Waals surface area (Å²) >= 11 is 3.26. The zero-order chi connectivity index (χ0) is 16.5. The molecule has 1 aromatic rings. The summed E-state index contributed by atoms with van der Waals surface area (Å²) in [4.78, 5) is 12.7. The number of hydrogen-bond donors (Lipinski definition) is 1. The van der Waals surface area contributed by atoms with Gasteiger partial charge in [-0.15, -0.1) is 0 Å². The van der Waals surface area contributed by atoms with Gasteiger partial charge in [-0.3, -0.25) is 10.1 Å². The molecule has 9 heteroatoms. The van der Waals surface area contributed by atoms with Crippen LogP contribution in [0.4, 0.5) is 11.4 Å². The molecule has 1 N–H and O–H groups in total. The molecule has 1 heterocycles. The molecule has 1 aromatic carbocycles. The highest BCUT2D eigenvalue weighted by molar-refractivity contribution is 9.10. The monoisotopic (exact) mass is 391 g/mol. The van der Waals surface area contributed by atoms with Gasteiger partial charge in [0.25, 0.3) is 0 Å². The molecule has 22 heavy (non-hydrogen) atoms. The third-order valence-electron chi connectivity index (χ3n) is 3.74. The largest absolute Gasteiger partial charge is 0.365 e. The molecule has 122 valence electrons. The first kappa shape index (κ1) is 17.2. The summed E-state index contributed by atoms with van der Waals surface area (Å²) in [6.45, 7) is 4.59. The van der Waals surface area contributed by atoms with Gasteiger partial charge in [-0.1, -0.05) is 13.0 Å². The molecule has 1 saturated heterocycles. The second kappa shape index (κ2) is 6.51. The van der Waals surface area contributed by atoms with E-state index >= 15 is 0 Å². The van der Waals surface area contributed by atoms with Gasteiger partial charge < -0.3 is 4.90 Å². The van der Waals surface area contributed by atoms with E-state index in [-0.39, 0.29) is 12.2 Å². The number of aryl methyl sites for hydroxylation is 1. The number of benzene rings is 1. The molecule has 0 saturated carbocycles.